The highest BCUT2D eigenvalue weighted by molar-refractivity contribution is 5.40. The third-order valence-electron chi connectivity index (χ3n) is 3.78. The van der Waals surface area contributed by atoms with Crippen molar-refractivity contribution in [2.45, 2.75) is 32.4 Å². The second kappa shape index (κ2) is 6.87. The van der Waals surface area contributed by atoms with Gasteiger partial charge in [0.25, 0.3) is 0 Å². The summed E-state index contributed by atoms with van der Waals surface area (Å²) in [4.78, 5) is 9.29. The van der Waals surface area contributed by atoms with Gasteiger partial charge in [-0.05, 0) is 45.1 Å². The number of hydrogen-bond acceptors (Lipinski definition) is 4. The van der Waals surface area contributed by atoms with Gasteiger partial charge in [-0.25, -0.2) is 4.98 Å². The van der Waals surface area contributed by atoms with Crippen LogP contribution in [0, 0.1) is 0 Å². The van der Waals surface area contributed by atoms with Crippen molar-refractivity contribution in [2.24, 2.45) is 0 Å². The molecule has 0 aliphatic carbocycles. The van der Waals surface area contributed by atoms with Gasteiger partial charge < -0.3 is 15.1 Å². The first-order valence-corrected chi connectivity index (χ1v) is 7.27. The Morgan fingerprint density at radius 2 is 2.26 bits per heavy atom. The summed E-state index contributed by atoms with van der Waals surface area (Å²) in [6.07, 6.45) is 4.40. The zero-order valence-corrected chi connectivity index (χ0v) is 12.4. The molecule has 106 valence electrons. The molecule has 1 aromatic heterocycles. The standard InChI is InChI=1S/C15H26N4/c1-4-8-16-10-13-5-6-15(17-11-13)19-9-7-14(12-19)18(2)3/h5-6,11,14,16H,4,7-10,12H2,1-3H3. The number of nitrogens with zero attached hydrogens (tertiary/aromatic N) is 3. The maximum Gasteiger partial charge on any atom is 0.128 e. The summed E-state index contributed by atoms with van der Waals surface area (Å²) < 4.78 is 0. The highest BCUT2D eigenvalue weighted by Crippen LogP contribution is 2.20. The molecule has 1 aliphatic rings. The average molecular weight is 262 g/mol. The minimum Gasteiger partial charge on any atom is -0.355 e. The number of hydrogen-bond donors (Lipinski definition) is 1. The Morgan fingerprint density at radius 3 is 2.84 bits per heavy atom. The van der Waals surface area contributed by atoms with Crippen LogP contribution in [0.15, 0.2) is 18.3 Å². The van der Waals surface area contributed by atoms with Gasteiger partial charge in [0.2, 0.25) is 0 Å². The van der Waals surface area contributed by atoms with Gasteiger partial charge in [0, 0.05) is 31.9 Å². The average Bonchev–Trinajstić information content (AvgIpc) is 2.90. The third-order valence-corrected chi connectivity index (χ3v) is 3.78. The van der Waals surface area contributed by atoms with E-state index >= 15 is 0 Å². The van der Waals surface area contributed by atoms with Crippen molar-refractivity contribution >= 4 is 5.82 Å². The Balaban J connectivity index is 1.88. The molecular weight excluding hydrogens is 236 g/mol. The van der Waals surface area contributed by atoms with Gasteiger partial charge in [-0.15, -0.1) is 0 Å². The van der Waals surface area contributed by atoms with E-state index in [0.29, 0.717) is 6.04 Å². The zero-order valence-electron chi connectivity index (χ0n) is 12.4. The Morgan fingerprint density at radius 1 is 1.42 bits per heavy atom. The van der Waals surface area contributed by atoms with Crippen molar-refractivity contribution in [1.29, 1.82) is 0 Å². The normalized spacial score (nSPS) is 19.4. The van der Waals surface area contributed by atoms with E-state index in [-0.39, 0.29) is 0 Å². The largest absolute Gasteiger partial charge is 0.355 e. The topological polar surface area (TPSA) is 31.4 Å². The molecule has 0 spiro atoms. The van der Waals surface area contributed by atoms with Gasteiger partial charge in [-0.3, -0.25) is 0 Å². The van der Waals surface area contributed by atoms with E-state index in [0.717, 1.165) is 32.0 Å². The first kappa shape index (κ1) is 14.3. The number of pyridine rings is 1. The Hall–Kier alpha value is -1.13. The minimum atomic E-state index is 0.660. The van der Waals surface area contributed by atoms with Crippen LogP contribution in [0.1, 0.15) is 25.3 Å². The molecule has 4 nitrogen and oxygen atoms in total. The van der Waals surface area contributed by atoms with Crippen molar-refractivity contribution in [3.05, 3.63) is 23.9 Å². The molecule has 1 fully saturated rings. The van der Waals surface area contributed by atoms with Crippen molar-refractivity contribution in [3.63, 3.8) is 0 Å². The molecule has 2 heterocycles. The van der Waals surface area contributed by atoms with Crippen LogP contribution in [0.2, 0.25) is 0 Å². The predicted octanol–water partition coefficient (Wildman–Crippen LogP) is 1.72. The SMILES string of the molecule is CCCNCc1ccc(N2CCC(N(C)C)C2)nc1. The molecule has 2 rings (SSSR count). The molecule has 0 saturated carbocycles. The lowest BCUT2D eigenvalue weighted by molar-refractivity contribution is 0.315. The van der Waals surface area contributed by atoms with E-state index in [4.69, 9.17) is 0 Å². The Bertz CT molecular complexity index is 374. The van der Waals surface area contributed by atoms with Crippen molar-refractivity contribution in [3.8, 4) is 0 Å². The summed E-state index contributed by atoms with van der Waals surface area (Å²) in [6.45, 7) is 6.37. The van der Waals surface area contributed by atoms with Crippen molar-refractivity contribution < 1.29 is 0 Å². The van der Waals surface area contributed by atoms with Crippen LogP contribution in [0.25, 0.3) is 0 Å². The third kappa shape index (κ3) is 3.91. The minimum absolute atomic E-state index is 0.660. The van der Waals surface area contributed by atoms with Crippen LogP contribution < -0.4 is 10.2 Å². The van der Waals surface area contributed by atoms with Crippen molar-refractivity contribution in [2.75, 3.05) is 38.6 Å². The van der Waals surface area contributed by atoms with Crippen LogP contribution >= 0.6 is 0 Å². The van der Waals surface area contributed by atoms with E-state index in [1.165, 1.54) is 18.4 Å². The fourth-order valence-electron chi connectivity index (χ4n) is 2.49. The smallest absolute Gasteiger partial charge is 0.128 e. The van der Waals surface area contributed by atoms with Crippen molar-refractivity contribution in [1.82, 2.24) is 15.2 Å². The molecular formula is C15H26N4. The fourth-order valence-corrected chi connectivity index (χ4v) is 2.49. The second-order valence-electron chi connectivity index (χ2n) is 5.55. The molecule has 19 heavy (non-hydrogen) atoms. The van der Waals surface area contributed by atoms with Gasteiger partial charge in [0.15, 0.2) is 0 Å². The van der Waals surface area contributed by atoms with Gasteiger partial charge in [-0.2, -0.15) is 0 Å². The molecule has 0 radical (unpaired) electrons. The highest BCUT2D eigenvalue weighted by atomic mass is 15.3. The Kier molecular flexibility index (Phi) is 5.16. The maximum atomic E-state index is 4.60. The number of anilines is 1. The molecule has 0 amide bonds. The summed E-state index contributed by atoms with van der Waals surface area (Å²) in [7, 11) is 4.31. The molecule has 1 N–H and O–H groups in total. The predicted molar refractivity (Wildman–Crippen MR) is 80.5 cm³/mol. The number of rotatable bonds is 6. The van der Waals surface area contributed by atoms with E-state index in [1.54, 1.807) is 0 Å². The van der Waals surface area contributed by atoms with Crippen LogP contribution in [0.4, 0.5) is 5.82 Å². The summed E-state index contributed by atoms with van der Waals surface area (Å²) in [5, 5.41) is 3.40. The van der Waals surface area contributed by atoms with E-state index in [2.05, 4.69) is 53.3 Å². The molecule has 1 saturated heterocycles. The lowest BCUT2D eigenvalue weighted by atomic mass is 10.2. The van der Waals surface area contributed by atoms with E-state index < -0.39 is 0 Å². The maximum absolute atomic E-state index is 4.60. The van der Waals surface area contributed by atoms with Crippen LogP contribution in [0.3, 0.4) is 0 Å². The number of aromatic nitrogens is 1. The van der Waals surface area contributed by atoms with Gasteiger partial charge >= 0.3 is 0 Å². The zero-order chi connectivity index (χ0) is 13.7. The van der Waals surface area contributed by atoms with Gasteiger partial charge in [0.05, 0.1) is 0 Å². The quantitative estimate of drug-likeness (QED) is 0.791. The highest BCUT2D eigenvalue weighted by Gasteiger charge is 2.24. The van der Waals surface area contributed by atoms with Crippen LogP contribution in [0.5, 0.6) is 0 Å². The van der Waals surface area contributed by atoms with E-state index in [1.807, 2.05) is 6.20 Å². The molecule has 1 atom stereocenters. The number of nitrogens with one attached hydrogen (secondary N) is 1. The summed E-state index contributed by atoms with van der Waals surface area (Å²) in [6, 6.07) is 5.00. The first-order chi connectivity index (χ1) is 9.20. The summed E-state index contributed by atoms with van der Waals surface area (Å²) >= 11 is 0. The summed E-state index contributed by atoms with van der Waals surface area (Å²) in [5.74, 6) is 1.11. The lowest BCUT2D eigenvalue weighted by Crippen LogP contribution is -2.31. The van der Waals surface area contributed by atoms with Crippen LogP contribution in [-0.2, 0) is 6.54 Å². The lowest BCUT2D eigenvalue weighted by Gasteiger charge is -2.21. The van der Waals surface area contributed by atoms with E-state index in [9.17, 15) is 0 Å². The first-order valence-electron chi connectivity index (χ1n) is 7.27. The molecule has 0 bridgehead atoms. The molecule has 4 heteroatoms. The Labute approximate surface area is 116 Å². The molecule has 1 aromatic rings. The molecule has 0 aromatic carbocycles. The molecule has 1 unspecified atom stereocenters. The summed E-state index contributed by atoms with van der Waals surface area (Å²) in [5.41, 5.74) is 1.26. The second-order valence-corrected chi connectivity index (χ2v) is 5.55. The molecule has 1 aliphatic heterocycles. The fraction of sp³-hybridized carbons (Fsp3) is 0.667. The van der Waals surface area contributed by atoms with Crippen LogP contribution in [-0.4, -0.2) is 49.7 Å². The van der Waals surface area contributed by atoms with Gasteiger partial charge in [-0.1, -0.05) is 13.0 Å². The number of likely N-dealkylation sites (N-methyl/N-ethyl adjacent to an activating group) is 1. The van der Waals surface area contributed by atoms with Gasteiger partial charge in [0.1, 0.15) is 5.82 Å². The monoisotopic (exact) mass is 262 g/mol.